The number of ether oxygens (including phenoxy) is 1. The lowest BCUT2D eigenvalue weighted by atomic mass is 9.96. The van der Waals surface area contributed by atoms with E-state index in [4.69, 9.17) is 4.74 Å². The summed E-state index contributed by atoms with van der Waals surface area (Å²) in [6.45, 7) is 6.24. The summed E-state index contributed by atoms with van der Waals surface area (Å²) < 4.78 is 6.40. The first-order valence-electron chi connectivity index (χ1n) is 7.73. The van der Waals surface area contributed by atoms with E-state index < -0.39 is 0 Å². The molecule has 0 aromatic heterocycles. The van der Waals surface area contributed by atoms with Gasteiger partial charge in [-0.2, -0.15) is 0 Å². The molecule has 1 aliphatic rings. The SMILES string of the molecule is CCNCC(OC1CCCCC1)c1ccccc1C. The van der Waals surface area contributed by atoms with Crippen LogP contribution in [-0.4, -0.2) is 19.2 Å². The van der Waals surface area contributed by atoms with Crippen LogP contribution in [-0.2, 0) is 4.74 Å². The minimum absolute atomic E-state index is 0.198. The van der Waals surface area contributed by atoms with Crippen LogP contribution in [0.15, 0.2) is 24.3 Å². The molecule has 1 saturated carbocycles. The third kappa shape index (κ3) is 4.32. The van der Waals surface area contributed by atoms with Crippen LogP contribution in [0.1, 0.15) is 56.3 Å². The molecule has 1 atom stereocenters. The van der Waals surface area contributed by atoms with Crippen molar-refractivity contribution in [1.29, 1.82) is 0 Å². The molecule has 106 valence electrons. The van der Waals surface area contributed by atoms with Crippen LogP contribution in [0, 0.1) is 6.92 Å². The Balaban J connectivity index is 2.04. The second-order valence-corrected chi connectivity index (χ2v) is 5.55. The number of hydrogen-bond donors (Lipinski definition) is 1. The van der Waals surface area contributed by atoms with Gasteiger partial charge < -0.3 is 10.1 Å². The molecule has 2 heteroatoms. The maximum Gasteiger partial charge on any atom is 0.0955 e. The van der Waals surface area contributed by atoms with Crippen molar-refractivity contribution in [1.82, 2.24) is 5.32 Å². The zero-order valence-corrected chi connectivity index (χ0v) is 12.3. The average Bonchev–Trinajstić information content (AvgIpc) is 2.45. The highest BCUT2D eigenvalue weighted by atomic mass is 16.5. The summed E-state index contributed by atoms with van der Waals surface area (Å²) in [5, 5.41) is 3.44. The van der Waals surface area contributed by atoms with E-state index in [-0.39, 0.29) is 6.10 Å². The monoisotopic (exact) mass is 261 g/mol. The zero-order chi connectivity index (χ0) is 13.5. The van der Waals surface area contributed by atoms with Gasteiger partial charge >= 0.3 is 0 Å². The van der Waals surface area contributed by atoms with Crippen molar-refractivity contribution in [2.45, 2.75) is 58.2 Å². The molecule has 0 heterocycles. The number of likely N-dealkylation sites (N-methyl/N-ethyl adjacent to an activating group) is 1. The summed E-state index contributed by atoms with van der Waals surface area (Å²) >= 11 is 0. The van der Waals surface area contributed by atoms with Crippen LogP contribution in [0.5, 0.6) is 0 Å². The first-order chi connectivity index (χ1) is 9.31. The summed E-state index contributed by atoms with van der Waals surface area (Å²) in [6.07, 6.45) is 7.14. The van der Waals surface area contributed by atoms with Crippen LogP contribution in [0.4, 0.5) is 0 Å². The summed E-state index contributed by atoms with van der Waals surface area (Å²) in [5.74, 6) is 0. The van der Waals surface area contributed by atoms with Crippen molar-refractivity contribution >= 4 is 0 Å². The van der Waals surface area contributed by atoms with Gasteiger partial charge in [-0.25, -0.2) is 0 Å². The molecule has 1 aromatic rings. The van der Waals surface area contributed by atoms with E-state index in [1.807, 2.05) is 0 Å². The molecule has 1 N–H and O–H groups in total. The minimum Gasteiger partial charge on any atom is -0.369 e. The van der Waals surface area contributed by atoms with Gasteiger partial charge in [-0.05, 0) is 37.4 Å². The van der Waals surface area contributed by atoms with Gasteiger partial charge in [0.15, 0.2) is 0 Å². The second kappa shape index (κ2) is 7.66. The molecule has 0 aliphatic heterocycles. The quantitative estimate of drug-likeness (QED) is 0.836. The summed E-state index contributed by atoms with van der Waals surface area (Å²) in [5.41, 5.74) is 2.68. The van der Waals surface area contributed by atoms with E-state index in [0.717, 1.165) is 13.1 Å². The molecule has 2 rings (SSSR count). The summed E-state index contributed by atoms with van der Waals surface area (Å²) in [4.78, 5) is 0. The molecule has 1 fully saturated rings. The maximum atomic E-state index is 6.40. The topological polar surface area (TPSA) is 21.3 Å². The van der Waals surface area contributed by atoms with Crippen molar-refractivity contribution < 1.29 is 4.74 Å². The highest BCUT2D eigenvalue weighted by Gasteiger charge is 2.21. The third-order valence-electron chi connectivity index (χ3n) is 4.02. The fourth-order valence-corrected chi connectivity index (χ4v) is 2.89. The van der Waals surface area contributed by atoms with Crippen LogP contribution >= 0.6 is 0 Å². The number of nitrogens with one attached hydrogen (secondary N) is 1. The molecule has 0 radical (unpaired) electrons. The van der Waals surface area contributed by atoms with Gasteiger partial charge in [0.1, 0.15) is 0 Å². The minimum atomic E-state index is 0.198. The molecule has 0 saturated heterocycles. The highest BCUT2D eigenvalue weighted by molar-refractivity contribution is 5.28. The van der Waals surface area contributed by atoms with E-state index in [2.05, 4.69) is 43.4 Å². The van der Waals surface area contributed by atoms with Gasteiger partial charge in [0.25, 0.3) is 0 Å². The number of hydrogen-bond acceptors (Lipinski definition) is 2. The zero-order valence-electron chi connectivity index (χ0n) is 12.3. The van der Waals surface area contributed by atoms with Crippen molar-refractivity contribution in [2.24, 2.45) is 0 Å². The molecule has 2 nitrogen and oxygen atoms in total. The van der Waals surface area contributed by atoms with Gasteiger partial charge in [-0.3, -0.25) is 0 Å². The Hall–Kier alpha value is -0.860. The van der Waals surface area contributed by atoms with E-state index in [0.29, 0.717) is 6.10 Å². The molecular weight excluding hydrogens is 234 g/mol. The molecule has 1 unspecified atom stereocenters. The predicted molar refractivity (Wildman–Crippen MR) is 80.4 cm³/mol. The van der Waals surface area contributed by atoms with Crippen molar-refractivity contribution in [3.8, 4) is 0 Å². The average molecular weight is 261 g/mol. The highest BCUT2D eigenvalue weighted by Crippen LogP contribution is 2.28. The molecule has 19 heavy (non-hydrogen) atoms. The van der Waals surface area contributed by atoms with Crippen molar-refractivity contribution in [2.75, 3.05) is 13.1 Å². The molecule has 0 amide bonds. The molecule has 1 aromatic carbocycles. The van der Waals surface area contributed by atoms with Crippen LogP contribution in [0.2, 0.25) is 0 Å². The largest absolute Gasteiger partial charge is 0.369 e. The van der Waals surface area contributed by atoms with E-state index in [1.165, 1.54) is 43.2 Å². The first kappa shape index (κ1) is 14.5. The smallest absolute Gasteiger partial charge is 0.0955 e. The first-order valence-corrected chi connectivity index (χ1v) is 7.73. The van der Waals surface area contributed by atoms with Crippen LogP contribution in [0.3, 0.4) is 0 Å². The Labute approximate surface area is 117 Å². The standard InChI is InChI=1S/C17H27NO/c1-3-18-13-17(16-12-8-7-9-14(16)2)19-15-10-5-4-6-11-15/h7-9,12,15,17-18H,3-6,10-11,13H2,1-2H3. The molecule has 1 aliphatic carbocycles. The number of benzene rings is 1. The van der Waals surface area contributed by atoms with Gasteiger partial charge in [0.05, 0.1) is 12.2 Å². The lowest BCUT2D eigenvalue weighted by Gasteiger charge is -2.29. The summed E-state index contributed by atoms with van der Waals surface area (Å²) in [6, 6.07) is 8.61. The van der Waals surface area contributed by atoms with Crippen LogP contribution < -0.4 is 5.32 Å². The third-order valence-corrected chi connectivity index (χ3v) is 4.02. The second-order valence-electron chi connectivity index (χ2n) is 5.55. The molecule has 0 bridgehead atoms. The number of aryl methyl sites for hydroxylation is 1. The normalized spacial score (nSPS) is 18.4. The van der Waals surface area contributed by atoms with Crippen molar-refractivity contribution in [3.63, 3.8) is 0 Å². The van der Waals surface area contributed by atoms with Gasteiger partial charge in [-0.1, -0.05) is 50.5 Å². The van der Waals surface area contributed by atoms with Gasteiger partial charge in [0, 0.05) is 6.54 Å². The van der Waals surface area contributed by atoms with Crippen LogP contribution in [0.25, 0.3) is 0 Å². The fraction of sp³-hybridized carbons (Fsp3) is 0.647. The van der Waals surface area contributed by atoms with Gasteiger partial charge in [0.2, 0.25) is 0 Å². The maximum absolute atomic E-state index is 6.40. The van der Waals surface area contributed by atoms with Gasteiger partial charge in [-0.15, -0.1) is 0 Å². The lowest BCUT2D eigenvalue weighted by Crippen LogP contribution is -2.28. The fourth-order valence-electron chi connectivity index (χ4n) is 2.89. The Kier molecular flexibility index (Phi) is 5.87. The Morgan fingerprint density at radius 2 is 1.95 bits per heavy atom. The Morgan fingerprint density at radius 3 is 2.63 bits per heavy atom. The van der Waals surface area contributed by atoms with E-state index >= 15 is 0 Å². The molecule has 0 spiro atoms. The number of rotatable bonds is 6. The molecular formula is C17H27NO. The predicted octanol–water partition coefficient (Wildman–Crippen LogP) is 3.99. The Bertz CT molecular complexity index is 371. The van der Waals surface area contributed by atoms with E-state index in [9.17, 15) is 0 Å². The van der Waals surface area contributed by atoms with Crippen molar-refractivity contribution in [3.05, 3.63) is 35.4 Å². The Morgan fingerprint density at radius 1 is 1.21 bits per heavy atom. The summed E-state index contributed by atoms with van der Waals surface area (Å²) in [7, 11) is 0. The lowest BCUT2D eigenvalue weighted by molar-refractivity contribution is -0.0306. The van der Waals surface area contributed by atoms with E-state index in [1.54, 1.807) is 0 Å².